The Morgan fingerprint density at radius 1 is 1.55 bits per heavy atom. The molecule has 2 nitrogen and oxygen atoms in total. The van der Waals surface area contributed by atoms with Crippen molar-refractivity contribution < 1.29 is 4.21 Å². The third kappa shape index (κ3) is 2.05. The van der Waals surface area contributed by atoms with Gasteiger partial charge in [-0.2, -0.15) is 0 Å². The lowest BCUT2D eigenvalue weighted by Gasteiger charge is -2.00. The van der Waals surface area contributed by atoms with E-state index in [1.165, 1.54) is 0 Å². The van der Waals surface area contributed by atoms with Crippen molar-refractivity contribution >= 4 is 15.4 Å². The van der Waals surface area contributed by atoms with Gasteiger partial charge in [0.2, 0.25) is 0 Å². The summed E-state index contributed by atoms with van der Waals surface area (Å²) in [6.45, 7) is 1.89. The van der Waals surface area contributed by atoms with E-state index in [4.69, 9.17) is 0 Å². The van der Waals surface area contributed by atoms with Crippen LogP contribution in [-0.4, -0.2) is 21.3 Å². The predicted molar refractivity (Wildman–Crippen MR) is 48.4 cm³/mol. The van der Waals surface area contributed by atoms with Crippen molar-refractivity contribution in [2.45, 2.75) is 11.8 Å². The fourth-order valence-corrected chi connectivity index (χ4v) is 1.34. The van der Waals surface area contributed by atoms with Gasteiger partial charge in [0.25, 0.3) is 0 Å². The Bertz CT molecular complexity index is 337. The Balaban J connectivity index is 3.20. The van der Waals surface area contributed by atoms with Crippen LogP contribution in [0.15, 0.2) is 23.2 Å². The molecule has 1 heterocycles. The maximum absolute atomic E-state index is 11.3. The average Bonchev–Trinajstić information content (AvgIpc) is 1.86. The topological polar surface area (TPSA) is 30.0 Å². The molecule has 0 aliphatic heterocycles. The summed E-state index contributed by atoms with van der Waals surface area (Å²) >= 11 is 0. The molecule has 1 aromatic rings. The van der Waals surface area contributed by atoms with Crippen molar-refractivity contribution in [3.63, 3.8) is 0 Å². The van der Waals surface area contributed by atoms with Crippen LogP contribution in [0.5, 0.6) is 0 Å². The van der Waals surface area contributed by atoms with Crippen molar-refractivity contribution in [3.8, 4) is 0 Å². The molecule has 1 rings (SSSR count). The van der Waals surface area contributed by atoms with Crippen LogP contribution in [0.2, 0.25) is 0 Å². The van der Waals surface area contributed by atoms with Gasteiger partial charge in [0.1, 0.15) is 0 Å². The Morgan fingerprint density at radius 3 is 2.55 bits per heavy atom. The summed E-state index contributed by atoms with van der Waals surface area (Å²) in [6, 6.07) is 3.64. The van der Waals surface area contributed by atoms with Crippen molar-refractivity contribution in [1.29, 1.82) is 0 Å². The van der Waals surface area contributed by atoms with Crippen molar-refractivity contribution in [2.24, 2.45) is 0 Å². The number of pyridine rings is 1. The van der Waals surface area contributed by atoms with E-state index in [-0.39, 0.29) is 0 Å². The number of nitrogens with zero attached hydrogens (tertiary/aromatic N) is 1. The molecule has 1 atom stereocenters. The highest BCUT2D eigenvalue weighted by molar-refractivity contribution is 7.99. The number of aromatic nitrogens is 1. The lowest BCUT2D eigenvalue weighted by atomic mass is 10.4. The Morgan fingerprint density at radius 2 is 2.18 bits per heavy atom. The molecule has 0 N–H and O–H groups in total. The molecular formula is C8H11NOS. The summed E-state index contributed by atoms with van der Waals surface area (Å²) in [7, 11) is -2.08. The summed E-state index contributed by atoms with van der Waals surface area (Å²) in [4.78, 5) is 4.74. The van der Waals surface area contributed by atoms with Crippen molar-refractivity contribution in [2.75, 3.05) is 6.26 Å². The Kier molecular flexibility index (Phi) is 2.00. The summed E-state index contributed by atoms with van der Waals surface area (Å²) in [5.74, 6) is 3.56. The van der Waals surface area contributed by atoms with E-state index < -0.39 is 9.52 Å². The minimum absolute atomic E-state index is 0.711. The third-order valence-corrected chi connectivity index (χ3v) is 2.62. The van der Waals surface area contributed by atoms with E-state index in [2.05, 4.69) is 10.9 Å². The quantitative estimate of drug-likeness (QED) is 0.589. The molecule has 0 aliphatic carbocycles. The Hall–Kier alpha value is -0.830. The molecule has 60 valence electrons. The first-order chi connectivity index (χ1) is 5.00. The molecule has 1 aromatic heterocycles. The van der Waals surface area contributed by atoms with Gasteiger partial charge in [-0.3, -0.25) is 9.19 Å². The van der Waals surface area contributed by atoms with Gasteiger partial charge in [0, 0.05) is 23.0 Å². The summed E-state index contributed by atoms with van der Waals surface area (Å²) in [5.41, 5.74) is 0.928. The maximum Gasteiger partial charge on any atom is 0.0485 e. The molecule has 0 saturated heterocycles. The molecule has 0 amide bonds. The van der Waals surface area contributed by atoms with Crippen LogP contribution in [0.1, 0.15) is 5.69 Å². The highest BCUT2D eigenvalue weighted by Crippen LogP contribution is 2.06. The fourth-order valence-electron chi connectivity index (χ4n) is 0.710. The number of rotatable bonds is 1. The SMILES string of the molecule is C=S(C)(=O)c1ccc(C)nc1. The number of aryl methyl sites for hydroxylation is 1. The van der Waals surface area contributed by atoms with Gasteiger partial charge < -0.3 is 0 Å². The van der Waals surface area contributed by atoms with E-state index in [1.807, 2.05) is 13.0 Å². The minimum Gasteiger partial charge on any atom is -0.263 e. The van der Waals surface area contributed by atoms with Crippen LogP contribution in [-0.2, 0) is 9.52 Å². The monoisotopic (exact) mass is 169 g/mol. The molecule has 1 unspecified atom stereocenters. The minimum atomic E-state index is -2.08. The molecule has 0 bridgehead atoms. The second-order valence-corrected chi connectivity index (χ2v) is 5.12. The van der Waals surface area contributed by atoms with Gasteiger partial charge in [-0.05, 0) is 34.4 Å². The Labute approximate surface area is 67.3 Å². The van der Waals surface area contributed by atoms with Gasteiger partial charge in [-0.25, -0.2) is 0 Å². The standard InChI is InChI=1S/C8H11NOS/c1-7-4-5-8(6-9-7)11(2,3)10/h4-6H,2H2,1,3H3. The number of hydrogen-bond acceptors (Lipinski definition) is 2. The molecule has 0 spiro atoms. The zero-order chi connectivity index (χ0) is 8.48. The molecule has 3 heteroatoms. The van der Waals surface area contributed by atoms with Crippen molar-refractivity contribution in [1.82, 2.24) is 4.98 Å². The van der Waals surface area contributed by atoms with E-state index in [1.54, 1.807) is 18.5 Å². The van der Waals surface area contributed by atoms with Crippen LogP contribution in [0.4, 0.5) is 0 Å². The molecule has 0 aromatic carbocycles. The second-order valence-electron chi connectivity index (χ2n) is 2.64. The van der Waals surface area contributed by atoms with Gasteiger partial charge in [-0.15, -0.1) is 0 Å². The van der Waals surface area contributed by atoms with Gasteiger partial charge >= 0.3 is 0 Å². The second kappa shape index (κ2) is 2.66. The molecule has 0 fully saturated rings. The smallest absolute Gasteiger partial charge is 0.0485 e. The van der Waals surface area contributed by atoms with Gasteiger partial charge in [-0.1, -0.05) is 0 Å². The lowest BCUT2D eigenvalue weighted by molar-refractivity contribution is 0.684. The molecular weight excluding hydrogens is 158 g/mol. The van der Waals surface area contributed by atoms with Crippen LogP contribution >= 0.6 is 0 Å². The van der Waals surface area contributed by atoms with Crippen LogP contribution in [0.25, 0.3) is 0 Å². The lowest BCUT2D eigenvalue weighted by Crippen LogP contribution is -1.97. The summed E-state index contributed by atoms with van der Waals surface area (Å²) < 4.78 is 11.3. The highest BCUT2D eigenvalue weighted by Gasteiger charge is 1.98. The predicted octanol–water partition coefficient (Wildman–Crippen LogP) is 1.10. The zero-order valence-electron chi connectivity index (χ0n) is 6.70. The van der Waals surface area contributed by atoms with E-state index >= 15 is 0 Å². The largest absolute Gasteiger partial charge is 0.263 e. The van der Waals surface area contributed by atoms with Gasteiger partial charge in [0.05, 0.1) is 0 Å². The fraction of sp³-hybridized carbons (Fsp3) is 0.250. The van der Waals surface area contributed by atoms with Crippen molar-refractivity contribution in [3.05, 3.63) is 24.0 Å². The summed E-state index contributed by atoms with van der Waals surface area (Å²) in [6.07, 6.45) is 3.23. The normalized spacial score (nSPS) is 15.8. The molecule has 0 saturated carbocycles. The number of hydrogen-bond donors (Lipinski definition) is 0. The van der Waals surface area contributed by atoms with E-state index in [0.717, 1.165) is 5.69 Å². The first-order valence-electron chi connectivity index (χ1n) is 3.25. The first kappa shape index (κ1) is 8.27. The zero-order valence-corrected chi connectivity index (χ0v) is 7.52. The van der Waals surface area contributed by atoms with E-state index in [9.17, 15) is 4.21 Å². The highest BCUT2D eigenvalue weighted by atomic mass is 32.2. The molecule has 11 heavy (non-hydrogen) atoms. The first-order valence-corrected chi connectivity index (χ1v) is 5.38. The third-order valence-electron chi connectivity index (χ3n) is 1.38. The van der Waals surface area contributed by atoms with Crippen LogP contribution in [0, 0.1) is 6.92 Å². The van der Waals surface area contributed by atoms with Crippen LogP contribution < -0.4 is 0 Å². The van der Waals surface area contributed by atoms with Gasteiger partial charge in [0.15, 0.2) is 0 Å². The average molecular weight is 169 g/mol. The molecule has 0 aliphatic rings. The maximum atomic E-state index is 11.3. The van der Waals surface area contributed by atoms with Crippen LogP contribution in [0.3, 0.4) is 0 Å². The summed E-state index contributed by atoms with van der Waals surface area (Å²) in [5, 5.41) is 0. The molecule has 0 radical (unpaired) electrons. The van der Waals surface area contributed by atoms with E-state index in [0.29, 0.717) is 4.90 Å².